The third-order valence-electron chi connectivity index (χ3n) is 2.53. The van der Waals surface area contributed by atoms with Gasteiger partial charge >= 0.3 is 0 Å². The van der Waals surface area contributed by atoms with Crippen molar-refractivity contribution in [1.82, 2.24) is 9.38 Å². The highest BCUT2D eigenvalue weighted by Crippen LogP contribution is 2.32. The Labute approximate surface area is 121 Å². The third kappa shape index (κ3) is 2.21. The Morgan fingerprint density at radius 3 is 3.11 bits per heavy atom. The van der Waals surface area contributed by atoms with Gasteiger partial charge in [0, 0.05) is 27.5 Å². The molecule has 0 atom stereocenters. The first kappa shape index (κ1) is 12.2. The molecule has 6 heteroatoms. The molecule has 0 bridgehead atoms. The molecule has 0 aliphatic heterocycles. The van der Waals surface area contributed by atoms with Crippen molar-refractivity contribution >= 4 is 44.0 Å². The molecule has 0 unspecified atom stereocenters. The van der Waals surface area contributed by atoms with Crippen molar-refractivity contribution in [3.63, 3.8) is 0 Å². The van der Waals surface area contributed by atoms with Crippen molar-refractivity contribution in [3.05, 3.63) is 46.0 Å². The Morgan fingerprint density at radius 2 is 2.33 bits per heavy atom. The molecule has 0 fully saturated rings. The van der Waals surface area contributed by atoms with Crippen molar-refractivity contribution in [2.45, 2.75) is 16.5 Å². The summed E-state index contributed by atoms with van der Waals surface area (Å²) in [6.45, 7) is 0.494. The van der Waals surface area contributed by atoms with E-state index in [9.17, 15) is 0 Å². The highest BCUT2D eigenvalue weighted by molar-refractivity contribution is 9.10. The van der Waals surface area contributed by atoms with Gasteiger partial charge in [-0.3, -0.25) is 4.40 Å². The summed E-state index contributed by atoms with van der Waals surface area (Å²) in [5.41, 5.74) is 6.89. The van der Waals surface area contributed by atoms with Crippen LogP contribution in [0, 0.1) is 0 Å². The number of hydrogen-bond donors (Lipinski definition) is 1. The van der Waals surface area contributed by atoms with Gasteiger partial charge in [0.25, 0.3) is 0 Å². The number of rotatable bonds is 3. The third-order valence-corrected chi connectivity index (χ3v) is 4.79. The number of imidazole rings is 1. The number of nitrogens with zero attached hydrogens (tertiary/aromatic N) is 2. The normalized spacial score (nSPS) is 11.2. The summed E-state index contributed by atoms with van der Waals surface area (Å²) >= 11 is 6.75. The van der Waals surface area contributed by atoms with E-state index >= 15 is 0 Å². The number of halogens is 1. The minimum Gasteiger partial charge on any atom is -0.325 e. The van der Waals surface area contributed by atoms with Crippen molar-refractivity contribution < 1.29 is 0 Å². The van der Waals surface area contributed by atoms with Crippen LogP contribution in [0.4, 0.5) is 0 Å². The van der Waals surface area contributed by atoms with Gasteiger partial charge in [-0.1, -0.05) is 33.8 Å². The van der Waals surface area contributed by atoms with Crippen LogP contribution < -0.4 is 5.73 Å². The van der Waals surface area contributed by atoms with Gasteiger partial charge in [0.05, 0.1) is 5.69 Å². The molecule has 0 amide bonds. The molecular formula is C12H10BrN3S2. The average molecular weight is 340 g/mol. The Kier molecular flexibility index (Phi) is 3.43. The van der Waals surface area contributed by atoms with Gasteiger partial charge in [-0.05, 0) is 18.2 Å². The maximum absolute atomic E-state index is 5.83. The lowest BCUT2D eigenvalue weighted by Crippen LogP contribution is -2.00. The van der Waals surface area contributed by atoms with Crippen LogP contribution in [-0.4, -0.2) is 9.38 Å². The molecule has 0 aliphatic carbocycles. The zero-order valence-corrected chi connectivity index (χ0v) is 12.6. The first-order valence-corrected chi connectivity index (χ1v) is 7.85. The first-order chi connectivity index (χ1) is 8.78. The van der Waals surface area contributed by atoms with E-state index in [1.165, 1.54) is 0 Å². The van der Waals surface area contributed by atoms with Crippen molar-refractivity contribution in [2.75, 3.05) is 0 Å². The summed E-state index contributed by atoms with van der Waals surface area (Å²) in [5.74, 6) is 0. The molecule has 3 rings (SSSR count). The summed E-state index contributed by atoms with van der Waals surface area (Å²) in [5, 5.41) is 3.01. The highest BCUT2D eigenvalue weighted by Gasteiger charge is 2.12. The minimum atomic E-state index is 0.494. The van der Waals surface area contributed by atoms with Crippen LogP contribution in [0.15, 0.2) is 50.2 Å². The fourth-order valence-corrected chi connectivity index (χ4v) is 4.05. The van der Waals surface area contributed by atoms with Crippen molar-refractivity contribution in [2.24, 2.45) is 5.73 Å². The summed E-state index contributed by atoms with van der Waals surface area (Å²) in [7, 11) is 0. The lowest BCUT2D eigenvalue weighted by Gasteiger charge is -2.01. The summed E-state index contributed by atoms with van der Waals surface area (Å²) in [4.78, 5) is 6.77. The quantitative estimate of drug-likeness (QED) is 0.789. The number of benzene rings is 1. The minimum absolute atomic E-state index is 0.494. The molecule has 3 nitrogen and oxygen atoms in total. The molecule has 18 heavy (non-hydrogen) atoms. The van der Waals surface area contributed by atoms with Gasteiger partial charge in [-0.25, -0.2) is 4.98 Å². The second kappa shape index (κ2) is 5.05. The lowest BCUT2D eigenvalue weighted by molar-refractivity contribution is 0.924. The van der Waals surface area contributed by atoms with Gasteiger partial charge in [-0.2, -0.15) is 0 Å². The molecule has 0 aliphatic rings. The Balaban J connectivity index is 2.01. The van der Waals surface area contributed by atoms with Gasteiger partial charge in [0.15, 0.2) is 4.96 Å². The predicted octanol–water partition coefficient (Wildman–Crippen LogP) is 3.77. The van der Waals surface area contributed by atoms with Crippen LogP contribution in [-0.2, 0) is 6.54 Å². The fourth-order valence-electron chi connectivity index (χ4n) is 1.72. The van der Waals surface area contributed by atoms with Crippen LogP contribution in [0.3, 0.4) is 0 Å². The van der Waals surface area contributed by atoms with Gasteiger partial charge < -0.3 is 5.73 Å². The van der Waals surface area contributed by atoms with Gasteiger partial charge in [-0.15, -0.1) is 11.3 Å². The van der Waals surface area contributed by atoms with E-state index < -0.39 is 0 Å². The largest absolute Gasteiger partial charge is 0.325 e. The van der Waals surface area contributed by atoms with E-state index in [1.54, 1.807) is 23.1 Å². The summed E-state index contributed by atoms with van der Waals surface area (Å²) in [6.07, 6.45) is 2.01. The molecule has 3 aromatic rings. The SMILES string of the molecule is NCc1c(Sc2cccc(Br)c2)nc2sccn12. The molecular weight excluding hydrogens is 330 g/mol. The first-order valence-electron chi connectivity index (χ1n) is 5.36. The maximum Gasteiger partial charge on any atom is 0.194 e. The molecule has 1 aromatic carbocycles. The molecule has 2 heterocycles. The van der Waals surface area contributed by atoms with Crippen LogP contribution in [0.2, 0.25) is 0 Å². The number of fused-ring (bicyclic) bond motifs is 1. The Hall–Kier alpha value is -0.820. The van der Waals surface area contributed by atoms with E-state index in [0.717, 1.165) is 25.0 Å². The number of aromatic nitrogens is 2. The summed E-state index contributed by atoms with van der Waals surface area (Å²) < 4.78 is 3.13. The molecule has 0 radical (unpaired) electrons. The second-order valence-corrected chi connectivity index (χ2v) is 6.53. The van der Waals surface area contributed by atoms with E-state index in [4.69, 9.17) is 5.73 Å². The maximum atomic E-state index is 5.83. The second-order valence-electron chi connectivity index (χ2n) is 3.68. The highest BCUT2D eigenvalue weighted by atomic mass is 79.9. The van der Waals surface area contributed by atoms with Crippen molar-refractivity contribution in [1.29, 1.82) is 0 Å². The smallest absolute Gasteiger partial charge is 0.194 e. The molecule has 0 saturated heterocycles. The molecule has 2 N–H and O–H groups in total. The number of hydrogen-bond acceptors (Lipinski definition) is 4. The molecule has 0 spiro atoms. The average Bonchev–Trinajstić information content (AvgIpc) is 2.89. The zero-order valence-electron chi connectivity index (χ0n) is 9.34. The Bertz CT molecular complexity index is 690. The zero-order chi connectivity index (χ0) is 12.5. The van der Waals surface area contributed by atoms with Gasteiger partial charge in [0.2, 0.25) is 0 Å². The lowest BCUT2D eigenvalue weighted by atomic mass is 10.4. The Morgan fingerprint density at radius 1 is 1.44 bits per heavy atom. The summed E-state index contributed by atoms with van der Waals surface area (Å²) in [6, 6.07) is 8.19. The van der Waals surface area contributed by atoms with Crippen LogP contribution in [0.25, 0.3) is 4.96 Å². The number of thiazole rings is 1. The fraction of sp³-hybridized carbons (Fsp3) is 0.0833. The monoisotopic (exact) mass is 339 g/mol. The van der Waals surface area contributed by atoms with E-state index in [1.807, 2.05) is 23.7 Å². The topological polar surface area (TPSA) is 43.3 Å². The molecule has 2 aromatic heterocycles. The molecule has 92 valence electrons. The van der Waals surface area contributed by atoms with Crippen LogP contribution >= 0.6 is 39.0 Å². The van der Waals surface area contributed by atoms with E-state index in [0.29, 0.717) is 6.54 Å². The van der Waals surface area contributed by atoms with Crippen molar-refractivity contribution in [3.8, 4) is 0 Å². The van der Waals surface area contributed by atoms with Gasteiger partial charge in [0.1, 0.15) is 5.03 Å². The number of nitrogens with two attached hydrogens (primary N) is 1. The predicted molar refractivity (Wildman–Crippen MR) is 79.2 cm³/mol. The van der Waals surface area contributed by atoms with Crippen LogP contribution in [0.1, 0.15) is 5.69 Å². The standard InChI is InChI=1S/C12H10BrN3S2/c13-8-2-1-3-9(6-8)18-11-10(7-14)16-4-5-17-12(16)15-11/h1-6H,7,14H2. The van der Waals surface area contributed by atoms with Crippen LogP contribution in [0.5, 0.6) is 0 Å². The molecule has 0 saturated carbocycles. The van der Waals surface area contributed by atoms with E-state index in [-0.39, 0.29) is 0 Å². The van der Waals surface area contributed by atoms with E-state index in [2.05, 4.69) is 37.4 Å².